The van der Waals surface area contributed by atoms with E-state index in [2.05, 4.69) is 15.1 Å². The minimum Gasteiger partial charge on any atom is -0.330 e. The van der Waals surface area contributed by atoms with Crippen LogP contribution >= 0.6 is 0 Å². The Bertz CT molecular complexity index is 690. The van der Waals surface area contributed by atoms with Gasteiger partial charge in [0, 0.05) is 18.7 Å². The molecule has 0 spiro atoms. The Hall–Kier alpha value is -2.14. The first-order valence-corrected chi connectivity index (χ1v) is 8.61. The first-order chi connectivity index (χ1) is 11.6. The molecule has 1 atom stereocenters. The molecule has 0 radical (unpaired) electrons. The molecule has 0 aliphatic carbocycles. The fraction of sp³-hybridized carbons (Fsp3) is 0.474. The van der Waals surface area contributed by atoms with E-state index >= 15 is 0 Å². The third-order valence-corrected chi connectivity index (χ3v) is 4.66. The molecule has 3 rings (SSSR count). The lowest BCUT2D eigenvalue weighted by Crippen LogP contribution is -2.39. The van der Waals surface area contributed by atoms with Crippen molar-refractivity contribution >= 4 is 5.91 Å². The number of benzene rings is 1. The second-order valence-corrected chi connectivity index (χ2v) is 6.91. The molecule has 0 bridgehead atoms. The number of aromatic nitrogens is 2. The van der Waals surface area contributed by atoms with E-state index in [1.54, 1.807) is 0 Å². The molecular formula is C19H26N4O. The van der Waals surface area contributed by atoms with Crippen LogP contribution in [0.25, 0.3) is 0 Å². The molecule has 1 saturated heterocycles. The summed E-state index contributed by atoms with van der Waals surface area (Å²) in [5.41, 5.74) is 4.19. The number of carbonyl (C=O) groups is 1. The Morgan fingerprint density at radius 2 is 2.04 bits per heavy atom. The van der Waals surface area contributed by atoms with Crippen molar-refractivity contribution in [3.05, 3.63) is 52.8 Å². The smallest absolute Gasteiger partial charge is 0.254 e. The van der Waals surface area contributed by atoms with Gasteiger partial charge in [-0.05, 0) is 63.5 Å². The quantitative estimate of drug-likeness (QED) is 0.939. The van der Waals surface area contributed by atoms with E-state index < -0.39 is 0 Å². The molecule has 2 heterocycles. The van der Waals surface area contributed by atoms with E-state index in [0.29, 0.717) is 0 Å². The van der Waals surface area contributed by atoms with Crippen molar-refractivity contribution in [2.45, 2.75) is 38.8 Å². The van der Waals surface area contributed by atoms with E-state index in [9.17, 15) is 4.79 Å². The summed E-state index contributed by atoms with van der Waals surface area (Å²) < 4.78 is 0. The zero-order chi connectivity index (χ0) is 17.1. The van der Waals surface area contributed by atoms with E-state index in [1.807, 2.05) is 56.4 Å². The lowest BCUT2D eigenvalue weighted by Gasteiger charge is -2.35. The number of likely N-dealkylation sites (tertiary alicyclic amines) is 1. The van der Waals surface area contributed by atoms with Crippen LogP contribution in [-0.4, -0.2) is 46.5 Å². The highest BCUT2D eigenvalue weighted by molar-refractivity contribution is 5.94. The van der Waals surface area contributed by atoms with Gasteiger partial charge in [-0.25, -0.2) is 0 Å². The number of amides is 1. The fourth-order valence-corrected chi connectivity index (χ4v) is 3.45. The summed E-state index contributed by atoms with van der Waals surface area (Å²) in [4.78, 5) is 17.2. The Kier molecular flexibility index (Phi) is 5.00. The van der Waals surface area contributed by atoms with E-state index in [-0.39, 0.29) is 11.9 Å². The molecule has 1 aromatic heterocycles. The average Bonchev–Trinajstić information content (AvgIpc) is 3.00. The van der Waals surface area contributed by atoms with Crippen LogP contribution in [0.1, 0.15) is 52.5 Å². The summed E-state index contributed by atoms with van der Waals surface area (Å²) in [6, 6.07) is 8.11. The minimum absolute atomic E-state index is 0.107. The summed E-state index contributed by atoms with van der Waals surface area (Å²) in [6.45, 7) is 3.74. The van der Waals surface area contributed by atoms with Gasteiger partial charge in [0.1, 0.15) is 0 Å². The van der Waals surface area contributed by atoms with Crippen molar-refractivity contribution in [1.82, 2.24) is 20.0 Å². The predicted octanol–water partition coefficient (Wildman–Crippen LogP) is 3.15. The maximum atomic E-state index is 13.0. The summed E-state index contributed by atoms with van der Waals surface area (Å²) in [7, 11) is 4.09. The summed E-state index contributed by atoms with van der Waals surface area (Å²) in [6.07, 6.45) is 5.04. The molecule has 1 aliphatic rings. The van der Waals surface area contributed by atoms with Gasteiger partial charge in [-0.2, -0.15) is 5.10 Å². The number of nitrogens with one attached hydrogen (secondary N) is 1. The van der Waals surface area contributed by atoms with Gasteiger partial charge in [0.15, 0.2) is 0 Å². The van der Waals surface area contributed by atoms with Crippen molar-refractivity contribution in [1.29, 1.82) is 0 Å². The second kappa shape index (κ2) is 7.18. The Labute approximate surface area is 143 Å². The van der Waals surface area contributed by atoms with Gasteiger partial charge in [0.25, 0.3) is 5.91 Å². The van der Waals surface area contributed by atoms with Gasteiger partial charge in [0.2, 0.25) is 0 Å². The molecule has 1 aromatic carbocycles. The molecule has 1 fully saturated rings. The topological polar surface area (TPSA) is 52.2 Å². The highest BCUT2D eigenvalue weighted by Crippen LogP contribution is 2.32. The van der Waals surface area contributed by atoms with Crippen LogP contribution in [0.5, 0.6) is 0 Å². The van der Waals surface area contributed by atoms with E-state index in [1.165, 1.54) is 5.56 Å². The molecule has 0 saturated carbocycles. The number of H-pyrrole nitrogens is 1. The zero-order valence-electron chi connectivity index (χ0n) is 14.7. The summed E-state index contributed by atoms with van der Waals surface area (Å²) in [5.74, 6) is 0.116. The number of aryl methyl sites for hydroxylation is 1. The van der Waals surface area contributed by atoms with Crippen molar-refractivity contribution in [2.24, 2.45) is 0 Å². The van der Waals surface area contributed by atoms with Crippen LogP contribution in [-0.2, 0) is 6.54 Å². The van der Waals surface area contributed by atoms with Crippen LogP contribution in [0.2, 0.25) is 0 Å². The van der Waals surface area contributed by atoms with Gasteiger partial charge in [0.05, 0.1) is 17.9 Å². The largest absolute Gasteiger partial charge is 0.330 e. The minimum atomic E-state index is 0.107. The van der Waals surface area contributed by atoms with Crippen LogP contribution in [0.3, 0.4) is 0 Å². The molecule has 24 heavy (non-hydrogen) atoms. The monoisotopic (exact) mass is 326 g/mol. The number of hydrogen-bond acceptors (Lipinski definition) is 3. The highest BCUT2D eigenvalue weighted by atomic mass is 16.2. The normalized spacial score (nSPS) is 18.2. The van der Waals surface area contributed by atoms with Crippen molar-refractivity contribution in [3.8, 4) is 0 Å². The highest BCUT2D eigenvalue weighted by Gasteiger charge is 2.30. The molecule has 1 amide bonds. The third-order valence-electron chi connectivity index (χ3n) is 4.66. The van der Waals surface area contributed by atoms with Crippen LogP contribution in [0.4, 0.5) is 0 Å². The summed E-state index contributed by atoms with van der Waals surface area (Å²) in [5, 5.41) is 7.23. The van der Waals surface area contributed by atoms with Crippen molar-refractivity contribution in [3.63, 3.8) is 0 Å². The van der Waals surface area contributed by atoms with Gasteiger partial charge in [-0.3, -0.25) is 9.89 Å². The summed E-state index contributed by atoms with van der Waals surface area (Å²) >= 11 is 0. The predicted molar refractivity (Wildman–Crippen MR) is 94.8 cm³/mol. The number of piperidine rings is 1. The third kappa shape index (κ3) is 3.51. The molecular weight excluding hydrogens is 300 g/mol. The van der Waals surface area contributed by atoms with Crippen LogP contribution in [0, 0.1) is 6.92 Å². The SMILES string of the molecule is Cc1cn[nH]c1C1CCCCN1C(=O)c1ccc(CN(C)C)cc1. The lowest BCUT2D eigenvalue weighted by atomic mass is 9.96. The second-order valence-electron chi connectivity index (χ2n) is 6.91. The molecule has 1 unspecified atom stereocenters. The van der Waals surface area contributed by atoms with Gasteiger partial charge < -0.3 is 9.80 Å². The molecule has 5 heteroatoms. The van der Waals surface area contributed by atoms with Gasteiger partial charge in [-0.15, -0.1) is 0 Å². The lowest BCUT2D eigenvalue weighted by molar-refractivity contribution is 0.0605. The van der Waals surface area contributed by atoms with E-state index in [4.69, 9.17) is 0 Å². The van der Waals surface area contributed by atoms with E-state index in [0.717, 1.165) is 49.2 Å². The molecule has 1 N–H and O–H groups in total. The number of nitrogens with zero attached hydrogens (tertiary/aromatic N) is 3. The maximum absolute atomic E-state index is 13.0. The Morgan fingerprint density at radius 3 is 2.67 bits per heavy atom. The number of rotatable bonds is 4. The first-order valence-electron chi connectivity index (χ1n) is 8.61. The number of hydrogen-bond donors (Lipinski definition) is 1. The number of aromatic amines is 1. The Balaban J connectivity index is 1.80. The molecule has 1 aliphatic heterocycles. The van der Waals surface area contributed by atoms with Crippen LogP contribution < -0.4 is 0 Å². The Morgan fingerprint density at radius 1 is 1.29 bits per heavy atom. The van der Waals surface area contributed by atoms with Gasteiger partial charge in [-0.1, -0.05) is 12.1 Å². The van der Waals surface area contributed by atoms with Crippen molar-refractivity contribution < 1.29 is 4.79 Å². The number of carbonyl (C=O) groups excluding carboxylic acids is 1. The molecule has 2 aromatic rings. The fourth-order valence-electron chi connectivity index (χ4n) is 3.45. The van der Waals surface area contributed by atoms with Crippen LogP contribution in [0.15, 0.2) is 30.5 Å². The molecule has 128 valence electrons. The molecule has 5 nitrogen and oxygen atoms in total. The first kappa shape index (κ1) is 16.7. The average molecular weight is 326 g/mol. The standard InChI is InChI=1S/C19H26N4O/c1-14-12-20-21-18(14)17-6-4-5-11-23(17)19(24)16-9-7-15(8-10-16)13-22(2)3/h7-10,12,17H,4-6,11,13H2,1-3H3,(H,20,21). The maximum Gasteiger partial charge on any atom is 0.254 e. The van der Waals surface area contributed by atoms with Crippen molar-refractivity contribution in [2.75, 3.05) is 20.6 Å². The van der Waals surface area contributed by atoms with Gasteiger partial charge >= 0.3 is 0 Å². The zero-order valence-corrected chi connectivity index (χ0v) is 14.7.